The first kappa shape index (κ1) is 21.0. The number of carbonyl (C=O) groups excluding carboxylic acids is 2. The summed E-state index contributed by atoms with van der Waals surface area (Å²) in [5.74, 6) is 0.551. The van der Waals surface area contributed by atoms with Crippen LogP contribution in [0.3, 0.4) is 0 Å². The lowest BCUT2D eigenvalue weighted by molar-refractivity contribution is -0.155. The smallest absolute Gasteiger partial charge is 0.234 e. The van der Waals surface area contributed by atoms with Gasteiger partial charge >= 0.3 is 0 Å². The maximum atomic E-state index is 13.1. The quantitative estimate of drug-likeness (QED) is 0.726. The number of amides is 2. The molecule has 8 heteroatoms. The van der Waals surface area contributed by atoms with Crippen molar-refractivity contribution in [1.29, 1.82) is 0 Å². The zero-order valence-electron chi connectivity index (χ0n) is 17.8. The van der Waals surface area contributed by atoms with Crippen molar-refractivity contribution < 1.29 is 9.59 Å². The normalized spacial score (nSPS) is 25.3. The summed E-state index contributed by atoms with van der Waals surface area (Å²) in [7, 11) is 0. The topological polar surface area (TPSA) is 77.0 Å². The van der Waals surface area contributed by atoms with Gasteiger partial charge in [0.15, 0.2) is 11.5 Å². The number of hydrazone groups is 1. The fourth-order valence-corrected chi connectivity index (χ4v) is 5.63. The first-order valence-corrected chi connectivity index (χ1v) is 12.0. The molecule has 1 aromatic carbocycles. The number of hydrogen-bond donors (Lipinski definition) is 2. The molecule has 0 radical (unpaired) electrons. The third-order valence-corrected chi connectivity index (χ3v) is 7.18. The van der Waals surface area contributed by atoms with E-state index in [1.54, 1.807) is 0 Å². The molecular formula is C22H31N5O2S. The average molecular weight is 430 g/mol. The van der Waals surface area contributed by atoms with Gasteiger partial charge in [0, 0.05) is 18.3 Å². The van der Waals surface area contributed by atoms with Gasteiger partial charge in [0.2, 0.25) is 11.8 Å². The highest BCUT2D eigenvalue weighted by molar-refractivity contribution is 8.14. The second-order valence-corrected chi connectivity index (χ2v) is 9.08. The van der Waals surface area contributed by atoms with Gasteiger partial charge in [-0.1, -0.05) is 56.7 Å². The van der Waals surface area contributed by atoms with Crippen LogP contribution in [0.2, 0.25) is 0 Å². The number of aryl methyl sites for hydroxylation is 1. The van der Waals surface area contributed by atoms with E-state index in [4.69, 9.17) is 0 Å². The van der Waals surface area contributed by atoms with E-state index in [-0.39, 0.29) is 30.1 Å². The SMILES string of the molecule is CCCN1C(=O)C2CCCCC2N2C(SCC(=O)Nc3ccccc3CC)=NNC12. The molecule has 0 spiro atoms. The van der Waals surface area contributed by atoms with Gasteiger partial charge in [-0.05, 0) is 37.3 Å². The monoisotopic (exact) mass is 429 g/mol. The van der Waals surface area contributed by atoms with E-state index in [0.29, 0.717) is 5.75 Å². The van der Waals surface area contributed by atoms with Gasteiger partial charge in [-0.3, -0.25) is 15.0 Å². The molecule has 3 atom stereocenters. The summed E-state index contributed by atoms with van der Waals surface area (Å²) >= 11 is 1.45. The number of rotatable bonds is 6. The van der Waals surface area contributed by atoms with Crippen molar-refractivity contribution in [2.45, 2.75) is 64.7 Å². The van der Waals surface area contributed by atoms with Crippen LogP contribution >= 0.6 is 11.8 Å². The number of benzene rings is 1. The molecule has 1 aromatic rings. The minimum absolute atomic E-state index is 0.0363. The number of thioether (sulfide) groups is 1. The summed E-state index contributed by atoms with van der Waals surface area (Å²) < 4.78 is 0. The number of hydrogen-bond acceptors (Lipinski definition) is 6. The molecule has 162 valence electrons. The molecule has 3 aliphatic rings. The Labute approximate surface area is 182 Å². The fourth-order valence-electron chi connectivity index (χ4n) is 4.79. The van der Waals surface area contributed by atoms with Crippen LogP contribution in [0.4, 0.5) is 5.69 Å². The van der Waals surface area contributed by atoms with Crippen LogP contribution < -0.4 is 10.7 Å². The van der Waals surface area contributed by atoms with Crippen molar-refractivity contribution >= 4 is 34.4 Å². The summed E-state index contributed by atoms with van der Waals surface area (Å²) in [6, 6.07) is 8.08. The van der Waals surface area contributed by atoms with Crippen molar-refractivity contribution in [2.75, 3.05) is 17.6 Å². The first-order valence-electron chi connectivity index (χ1n) is 11.1. The maximum Gasteiger partial charge on any atom is 0.234 e. The molecule has 0 bridgehead atoms. The van der Waals surface area contributed by atoms with Crippen LogP contribution in [-0.4, -0.2) is 51.4 Å². The Balaban J connectivity index is 1.43. The van der Waals surface area contributed by atoms with Gasteiger partial charge < -0.3 is 15.1 Å². The zero-order chi connectivity index (χ0) is 21.1. The predicted molar refractivity (Wildman–Crippen MR) is 121 cm³/mol. The van der Waals surface area contributed by atoms with E-state index in [1.807, 2.05) is 29.2 Å². The Morgan fingerprint density at radius 2 is 2.07 bits per heavy atom. The van der Waals surface area contributed by atoms with Crippen molar-refractivity contribution in [3.63, 3.8) is 0 Å². The van der Waals surface area contributed by atoms with E-state index in [1.165, 1.54) is 11.8 Å². The molecule has 2 fully saturated rings. The number of fused-ring (bicyclic) bond motifs is 3. The van der Waals surface area contributed by atoms with Gasteiger partial charge in [-0.15, -0.1) is 0 Å². The summed E-state index contributed by atoms with van der Waals surface area (Å²) in [6.07, 6.45) is 5.76. The van der Waals surface area contributed by atoms with Crippen LogP contribution in [0.5, 0.6) is 0 Å². The first-order chi connectivity index (χ1) is 14.6. The summed E-state index contributed by atoms with van der Waals surface area (Å²) in [5, 5.41) is 8.39. The van der Waals surface area contributed by atoms with Gasteiger partial charge in [-0.2, -0.15) is 5.10 Å². The number of nitrogens with zero attached hydrogens (tertiary/aromatic N) is 3. The van der Waals surface area contributed by atoms with Crippen LogP contribution in [0.15, 0.2) is 29.4 Å². The minimum atomic E-state index is -0.219. The van der Waals surface area contributed by atoms with E-state index in [9.17, 15) is 9.59 Å². The zero-order valence-corrected chi connectivity index (χ0v) is 18.6. The Morgan fingerprint density at radius 1 is 1.27 bits per heavy atom. The number of anilines is 1. The second-order valence-electron chi connectivity index (χ2n) is 8.14. The molecule has 1 aliphatic carbocycles. The molecule has 2 aliphatic heterocycles. The van der Waals surface area contributed by atoms with Crippen molar-refractivity contribution in [3.05, 3.63) is 29.8 Å². The van der Waals surface area contributed by atoms with Crippen LogP contribution in [0, 0.1) is 5.92 Å². The molecule has 1 saturated carbocycles. The largest absolute Gasteiger partial charge is 0.325 e. The van der Waals surface area contributed by atoms with Crippen LogP contribution in [0.1, 0.15) is 51.5 Å². The third-order valence-electron chi connectivity index (χ3n) is 6.21. The highest BCUT2D eigenvalue weighted by Crippen LogP contribution is 2.38. The Bertz CT molecular complexity index is 830. The maximum absolute atomic E-state index is 13.1. The van der Waals surface area contributed by atoms with Crippen molar-refractivity contribution in [3.8, 4) is 0 Å². The highest BCUT2D eigenvalue weighted by atomic mass is 32.2. The second kappa shape index (κ2) is 9.29. The van der Waals surface area contributed by atoms with E-state index < -0.39 is 0 Å². The Hall–Kier alpha value is -2.22. The summed E-state index contributed by atoms with van der Waals surface area (Å²) in [5.41, 5.74) is 5.17. The van der Waals surface area contributed by atoms with Crippen LogP contribution in [0.25, 0.3) is 0 Å². The van der Waals surface area contributed by atoms with Crippen molar-refractivity contribution in [2.24, 2.45) is 11.0 Å². The van der Waals surface area contributed by atoms with Gasteiger partial charge in [0.05, 0.1) is 11.7 Å². The number of para-hydroxylation sites is 1. The third kappa shape index (κ3) is 4.02. The molecule has 0 aromatic heterocycles. The lowest BCUT2D eigenvalue weighted by Crippen LogP contribution is -2.67. The summed E-state index contributed by atoms with van der Waals surface area (Å²) in [4.78, 5) is 29.9. The average Bonchev–Trinajstić information content (AvgIpc) is 3.19. The Morgan fingerprint density at radius 3 is 2.87 bits per heavy atom. The molecule has 1 saturated heterocycles. The molecule has 2 N–H and O–H groups in total. The van der Waals surface area contributed by atoms with Crippen LogP contribution in [-0.2, 0) is 16.0 Å². The fraction of sp³-hybridized carbons (Fsp3) is 0.591. The van der Waals surface area contributed by atoms with Crippen molar-refractivity contribution in [1.82, 2.24) is 15.2 Å². The molecule has 2 heterocycles. The molecule has 4 rings (SSSR count). The molecule has 3 unspecified atom stereocenters. The Kier molecular flexibility index (Phi) is 6.51. The van der Waals surface area contributed by atoms with E-state index in [0.717, 1.165) is 61.5 Å². The predicted octanol–water partition coefficient (Wildman–Crippen LogP) is 3.19. The van der Waals surface area contributed by atoms with E-state index >= 15 is 0 Å². The van der Waals surface area contributed by atoms with Gasteiger partial charge in [-0.25, -0.2) is 0 Å². The van der Waals surface area contributed by atoms with Gasteiger partial charge in [0.25, 0.3) is 0 Å². The standard InChI is InChI=1S/C22H31N5O2S/c1-3-13-26-20(29)16-10-6-8-12-18(16)27-21(26)24-25-22(27)30-14-19(28)23-17-11-7-5-9-15(17)4-2/h5,7,9,11,16,18,21,24H,3-4,6,8,10,12-14H2,1-2H3,(H,23,28). The molecular weight excluding hydrogens is 398 g/mol. The summed E-state index contributed by atoms with van der Waals surface area (Å²) in [6.45, 7) is 4.89. The molecule has 30 heavy (non-hydrogen) atoms. The van der Waals surface area contributed by atoms with Gasteiger partial charge in [0.1, 0.15) is 0 Å². The lowest BCUT2D eigenvalue weighted by Gasteiger charge is -2.50. The number of nitrogens with one attached hydrogen (secondary N) is 2. The molecule has 2 amide bonds. The number of carbonyl (C=O) groups is 2. The molecule has 7 nitrogen and oxygen atoms in total. The minimum Gasteiger partial charge on any atom is -0.325 e. The van der Waals surface area contributed by atoms with E-state index in [2.05, 4.69) is 34.6 Å². The highest BCUT2D eigenvalue weighted by Gasteiger charge is 2.50. The lowest BCUT2D eigenvalue weighted by atomic mass is 9.81. The number of amidine groups is 1.